The molecule has 96 valence electrons. The molecule has 2 heterocycles. The summed E-state index contributed by atoms with van der Waals surface area (Å²) < 4.78 is 0. The maximum Gasteiger partial charge on any atom is 0.0971 e. The highest BCUT2D eigenvalue weighted by Gasteiger charge is 2.25. The third-order valence-electron chi connectivity index (χ3n) is 3.52. The fourth-order valence-corrected chi connectivity index (χ4v) is 3.37. The second kappa shape index (κ2) is 5.46. The van der Waals surface area contributed by atoms with E-state index in [9.17, 15) is 0 Å². The van der Waals surface area contributed by atoms with Gasteiger partial charge in [-0.2, -0.15) is 0 Å². The number of likely N-dealkylation sites (tertiary alicyclic amines) is 1. The van der Waals surface area contributed by atoms with Crippen molar-refractivity contribution in [2.75, 3.05) is 13.1 Å². The van der Waals surface area contributed by atoms with Gasteiger partial charge in [-0.15, -0.1) is 11.3 Å². The summed E-state index contributed by atoms with van der Waals surface area (Å²) in [7, 11) is 0. The van der Waals surface area contributed by atoms with Crippen LogP contribution in [0, 0.1) is 0 Å². The lowest BCUT2D eigenvalue weighted by Crippen LogP contribution is -2.39. The molecule has 0 radical (unpaired) electrons. The van der Waals surface area contributed by atoms with Gasteiger partial charge in [0.25, 0.3) is 0 Å². The van der Waals surface area contributed by atoms with Gasteiger partial charge in [0.05, 0.1) is 5.01 Å². The highest BCUT2D eigenvalue weighted by atomic mass is 32.1. The summed E-state index contributed by atoms with van der Waals surface area (Å²) in [5, 5.41) is 1.28. The van der Waals surface area contributed by atoms with E-state index in [2.05, 4.69) is 23.7 Å². The third kappa shape index (κ3) is 3.06. The minimum Gasteiger partial charge on any atom is -0.323 e. The quantitative estimate of drug-likeness (QED) is 0.900. The topological polar surface area (TPSA) is 42.1 Å². The van der Waals surface area contributed by atoms with Crippen molar-refractivity contribution in [2.24, 2.45) is 5.73 Å². The minimum absolute atomic E-state index is 0.117. The molecule has 0 aliphatic carbocycles. The van der Waals surface area contributed by atoms with Crippen LogP contribution in [0.15, 0.2) is 6.20 Å². The Hall–Kier alpha value is -0.450. The van der Waals surface area contributed by atoms with Gasteiger partial charge in [0.1, 0.15) is 0 Å². The molecule has 0 aromatic carbocycles. The summed E-state index contributed by atoms with van der Waals surface area (Å²) in [4.78, 5) is 8.33. The normalized spacial score (nSPS) is 24.2. The summed E-state index contributed by atoms with van der Waals surface area (Å²) in [6, 6.07) is 0.761. The maximum atomic E-state index is 5.89. The van der Waals surface area contributed by atoms with Crippen LogP contribution in [-0.4, -0.2) is 29.0 Å². The Morgan fingerprint density at radius 3 is 2.82 bits per heavy atom. The molecule has 1 saturated heterocycles. The smallest absolute Gasteiger partial charge is 0.0971 e. The Balaban J connectivity index is 2.05. The van der Waals surface area contributed by atoms with Crippen molar-refractivity contribution in [1.82, 2.24) is 9.88 Å². The zero-order valence-corrected chi connectivity index (χ0v) is 11.8. The Bertz CT molecular complexity index is 359. The predicted molar refractivity (Wildman–Crippen MR) is 73.4 cm³/mol. The highest BCUT2D eigenvalue weighted by Crippen LogP contribution is 2.31. The standard InChI is InChI=1S/C13H23N3S/c1-9(2)16-6-4-5-11(8-16)13-15-7-12(17-13)10(3)14/h7,9-11H,4-6,8,14H2,1-3H3. The number of rotatable bonds is 3. The van der Waals surface area contributed by atoms with E-state index in [-0.39, 0.29) is 6.04 Å². The lowest BCUT2D eigenvalue weighted by Gasteiger charge is -2.34. The molecule has 4 heteroatoms. The molecule has 2 atom stereocenters. The Labute approximate surface area is 108 Å². The monoisotopic (exact) mass is 253 g/mol. The van der Waals surface area contributed by atoms with Crippen molar-refractivity contribution in [1.29, 1.82) is 0 Å². The SMILES string of the molecule is CC(N)c1cnc(C2CCCN(C(C)C)C2)s1. The van der Waals surface area contributed by atoms with E-state index in [0.29, 0.717) is 12.0 Å². The first-order valence-corrected chi connectivity index (χ1v) is 7.35. The average Bonchev–Trinajstić information content (AvgIpc) is 2.78. The van der Waals surface area contributed by atoms with E-state index >= 15 is 0 Å². The number of thiazole rings is 1. The lowest BCUT2D eigenvalue weighted by molar-refractivity contribution is 0.167. The Morgan fingerprint density at radius 1 is 1.47 bits per heavy atom. The predicted octanol–water partition coefficient (Wildman–Crippen LogP) is 2.75. The molecule has 1 aliphatic rings. The van der Waals surface area contributed by atoms with Crippen molar-refractivity contribution >= 4 is 11.3 Å². The first-order chi connectivity index (χ1) is 8.08. The molecular formula is C13H23N3S. The van der Waals surface area contributed by atoms with E-state index in [4.69, 9.17) is 5.73 Å². The fraction of sp³-hybridized carbons (Fsp3) is 0.769. The van der Waals surface area contributed by atoms with Gasteiger partial charge in [-0.25, -0.2) is 4.98 Å². The van der Waals surface area contributed by atoms with Crippen LogP contribution in [0.3, 0.4) is 0 Å². The lowest BCUT2D eigenvalue weighted by atomic mass is 9.98. The van der Waals surface area contributed by atoms with Gasteiger partial charge in [-0.3, -0.25) is 0 Å². The van der Waals surface area contributed by atoms with Crippen molar-refractivity contribution < 1.29 is 0 Å². The van der Waals surface area contributed by atoms with Gasteiger partial charge in [-0.05, 0) is 40.2 Å². The van der Waals surface area contributed by atoms with E-state index in [1.54, 1.807) is 11.3 Å². The molecule has 1 aromatic heterocycles. The minimum atomic E-state index is 0.117. The van der Waals surface area contributed by atoms with Gasteiger partial charge in [-0.1, -0.05) is 0 Å². The number of nitrogens with two attached hydrogens (primary N) is 1. The summed E-state index contributed by atoms with van der Waals surface area (Å²) in [5.41, 5.74) is 5.89. The molecule has 0 bridgehead atoms. The van der Waals surface area contributed by atoms with Crippen LogP contribution in [0.25, 0.3) is 0 Å². The van der Waals surface area contributed by atoms with E-state index < -0.39 is 0 Å². The number of piperidine rings is 1. The van der Waals surface area contributed by atoms with Crippen LogP contribution in [0.1, 0.15) is 55.5 Å². The highest BCUT2D eigenvalue weighted by molar-refractivity contribution is 7.11. The molecule has 0 amide bonds. The van der Waals surface area contributed by atoms with Gasteiger partial charge >= 0.3 is 0 Å². The number of hydrogen-bond acceptors (Lipinski definition) is 4. The fourth-order valence-electron chi connectivity index (χ4n) is 2.38. The Morgan fingerprint density at radius 2 is 2.24 bits per heavy atom. The van der Waals surface area contributed by atoms with Crippen molar-refractivity contribution in [3.63, 3.8) is 0 Å². The van der Waals surface area contributed by atoms with Gasteiger partial charge in [0, 0.05) is 35.6 Å². The maximum absolute atomic E-state index is 5.89. The summed E-state index contributed by atoms with van der Waals surface area (Å²) in [5.74, 6) is 0.614. The van der Waals surface area contributed by atoms with Gasteiger partial charge in [0.15, 0.2) is 0 Å². The number of nitrogens with zero attached hydrogens (tertiary/aromatic N) is 2. The second-order valence-electron chi connectivity index (χ2n) is 5.32. The summed E-state index contributed by atoms with van der Waals surface area (Å²) >= 11 is 1.80. The first-order valence-electron chi connectivity index (χ1n) is 6.53. The van der Waals surface area contributed by atoms with Crippen LogP contribution >= 0.6 is 11.3 Å². The molecule has 0 spiro atoms. The second-order valence-corrected chi connectivity index (χ2v) is 6.41. The molecule has 1 fully saturated rings. The molecule has 1 aliphatic heterocycles. The zero-order valence-electron chi connectivity index (χ0n) is 11.0. The summed E-state index contributed by atoms with van der Waals surface area (Å²) in [6.45, 7) is 8.97. The molecule has 17 heavy (non-hydrogen) atoms. The molecular weight excluding hydrogens is 230 g/mol. The molecule has 2 rings (SSSR count). The number of hydrogen-bond donors (Lipinski definition) is 1. The van der Waals surface area contributed by atoms with Gasteiger partial charge in [0.2, 0.25) is 0 Å². The largest absolute Gasteiger partial charge is 0.323 e. The summed E-state index contributed by atoms with van der Waals surface area (Å²) in [6.07, 6.45) is 4.52. The zero-order chi connectivity index (χ0) is 12.4. The molecule has 2 unspecified atom stereocenters. The number of aromatic nitrogens is 1. The van der Waals surface area contributed by atoms with Gasteiger partial charge < -0.3 is 10.6 Å². The van der Waals surface area contributed by atoms with E-state index in [1.807, 2.05) is 13.1 Å². The van der Waals surface area contributed by atoms with Crippen LogP contribution in [0.2, 0.25) is 0 Å². The first kappa shape index (κ1) is 13.0. The van der Waals surface area contributed by atoms with Crippen molar-refractivity contribution in [2.45, 2.75) is 51.6 Å². The van der Waals surface area contributed by atoms with Crippen LogP contribution in [0.4, 0.5) is 0 Å². The van der Waals surface area contributed by atoms with Crippen LogP contribution in [0.5, 0.6) is 0 Å². The van der Waals surface area contributed by atoms with E-state index in [1.165, 1.54) is 29.3 Å². The van der Waals surface area contributed by atoms with Crippen LogP contribution < -0.4 is 5.73 Å². The molecule has 1 aromatic rings. The third-order valence-corrected chi connectivity index (χ3v) is 4.88. The van der Waals surface area contributed by atoms with Crippen molar-refractivity contribution in [3.8, 4) is 0 Å². The van der Waals surface area contributed by atoms with Crippen molar-refractivity contribution in [3.05, 3.63) is 16.1 Å². The van der Waals surface area contributed by atoms with E-state index in [0.717, 1.165) is 6.54 Å². The van der Waals surface area contributed by atoms with Crippen LogP contribution in [-0.2, 0) is 0 Å². The average molecular weight is 253 g/mol. The molecule has 3 nitrogen and oxygen atoms in total. The Kier molecular flexibility index (Phi) is 4.17. The molecule has 2 N–H and O–H groups in total. The molecule has 0 saturated carbocycles.